The highest BCUT2D eigenvalue weighted by Crippen LogP contribution is 2.35. The third-order valence-electron chi connectivity index (χ3n) is 3.57. The van der Waals surface area contributed by atoms with E-state index in [-0.39, 0.29) is 0 Å². The van der Waals surface area contributed by atoms with Crippen LogP contribution in [0.15, 0.2) is 42.5 Å². The maximum atomic E-state index is 9.50. The highest BCUT2D eigenvalue weighted by Gasteiger charge is 2.22. The van der Waals surface area contributed by atoms with Crippen LogP contribution < -0.4 is 5.32 Å². The Morgan fingerprint density at radius 3 is 2.95 bits per heavy atom. The molecule has 0 saturated carbocycles. The van der Waals surface area contributed by atoms with Crippen molar-refractivity contribution >= 4 is 5.69 Å². The van der Waals surface area contributed by atoms with Crippen LogP contribution in [0.2, 0.25) is 0 Å². The molecule has 1 aliphatic carbocycles. The minimum atomic E-state index is 0.295. The van der Waals surface area contributed by atoms with E-state index < -0.39 is 0 Å². The number of anilines is 1. The highest BCUT2D eigenvalue weighted by atomic mass is 16.3. The zero-order valence-corrected chi connectivity index (χ0v) is 10.6. The van der Waals surface area contributed by atoms with Crippen LogP contribution in [0.3, 0.4) is 0 Å². The van der Waals surface area contributed by atoms with Gasteiger partial charge < -0.3 is 10.4 Å². The summed E-state index contributed by atoms with van der Waals surface area (Å²) in [5, 5.41) is 13.0. The molecule has 0 heterocycles. The van der Waals surface area contributed by atoms with Crippen LogP contribution >= 0.6 is 0 Å². The van der Waals surface area contributed by atoms with Crippen molar-refractivity contribution in [2.75, 3.05) is 5.32 Å². The van der Waals surface area contributed by atoms with Gasteiger partial charge in [0.15, 0.2) is 0 Å². The normalized spacial score (nSPS) is 16.7. The Bertz CT molecular complexity index is 655. The molecule has 0 aromatic heterocycles. The van der Waals surface area contributed by atoms with Crippen molar-refractivity contribution in [2.24, 2.45) is 0 Å². The van der Waals surface area contributed by atoms with Gasteiger partial charge in [0.1, 0.15) is 5.75 Å². The molecule has 0 saturated heterocycles. The first kappa shape index (κ1) is 11.7. The Labute approximate surface area is 113 Å². The van der Waals surface area contributed by atoms with Crippen LogP contribution in [0.5, 0.6) is 5.75 Å². The lowest BCUT2D eigenvalue weighted by atomic mass is 10.1. The molecule has 2 N–H and O–H groups in total. The lowest BCUT2D eigenvalue weighted by Gasteiger charge is -2.15. The minimum absolute atomic E-state index is 0.295. The molecule has 2 aromatic rings. The molecule has 0 fully saturated rings. The third-order valence-corrected chi connectivity index (χ3v) is 3.57. The first-order valence-corrected chi connectivity index (χ1v) is 6.41. The Balaban J connectivity index is 1.85. The molecule has 1 unspecified atom stereocenters. The number of fused-ring (bicyclic) bond motifs is 1. The Hall–Kier alpha value is -2.40. The molecule has 19 heavy (non-hydrogen) atoms. The molecule has 0 bridgehead atoms. The molecule has 3 rings (SSSR count). The van der Waals surface area contributed by atoms with Crippen molar-refractivity contribution in [3.63, 3.8) is 0 Å². The molecule has 1 aliphatic rings. The van der Waals surface area contributed by atoms with Crippen LogP contribution in [-0.2, 0) is 6.42 Å². The Kier molecular flexibility index (Phi) is 2.89. The van der Waals surface area contributed by atoms with E-state index in [4.69, 9.17) is 6.42 Å². The lowest BCUT2D eigenvalue weighted by molar-refractivity contribution is 0.474. The van der Waals surface area contributed by atoms with Crippen molar-refractivity contribution in [3.8, 4) is 18.1 Å². The van der Waals surface area contributed by atoms with Gasteiger partial charge >= 0.3 is 0 Å². The van der Waals surface area contributed by atoms with E-state index in [0.29, 0.717) is 11.8 Å². The molecule has 1 atom stereocenters. The third kappa shape index (κ3) is 2.28. The molecule has 2 aromatic carbocycles. The van der Waals surface area contributed by atoms with Crippen molar-refractivity contribution < 1.29 is 5.11 Å². The molecular formula is C17H15NO. The van der Waals surface area contributed by atoms with Gasteiger partial charge in [-0.15, -0.1) is 6.42 Å². The number of phenolic OH excluding ortho intramolecular Hbond substituents is 1. The zero-order chi connectivity index (χ0) is 13.2. The number of benzene rings is 2. The maximum Gasteiger partial charge on any atom is 0.115 e. The average Bonchev–Trinajstić information content (AvgIpc) is 2.81. The zero-order valence-electron chi connectivity index (χ0n) is 10.6. The van der Waals surface area contributed by atoms with Gasteiger partial charge in [-0.1, -0.05) is 18.1 Å². The van der Waals surface area contributed by atoms with E-state index in [9.17, 15) is 5.11 Å². The van der Waals surface area contributed by atoms with Crippen LogP contribution in [0.1, 0.15) is 29.2 Å². The summed E-state index contributed by atoms with van der Waals surface area (Å²) < 4.78 is 0. The first-order valence-electron chi connectivity index (χ1n) is 6.41. The number of hydrogen-bond donors (Lipinski definition) is 2. The first-order chi connectivity index (χ1) is 9.26. The van der Waals surface area contributed by atoms with Gasteiger partial charge in [0.2, 0.25) is 0 Å². The summed E-state index contributed by atoms with van der Waals surface area (Å²) in [6.45, 7) is 0. The smallest absolute Gasteiger partial charge is 0.115 e. The van der Waals surface area contributed by atoms with E-state index in [0.717, 1.165) is 24.1 Å². The second-order valence-corrected chi connectivity index (χ2v) is 4.84. The topological polar surface area (TPSA) is 32.3 Å². The van der Waals surface area contributed by atoms with Crippen LogP contribution in [-0.4, -0.2) is 5.11 Å². The second kappa shape index (κ2) is 4.70. The Morgan fingerprint density at radius 1 is 1.21 bits per heavy atom. The fourth-order valence-electron chi connectivity index (χ4n) is 2.65. The number of aryl methyl sites for hydroxylation is 1. The van der Waals surface area contributed by atoms with Crippen LogP contribution in [0, 0.1) is 12.3 Å². The van der Waals surface area contributed by atoms with E-state index in [1.807, 2.05) is 36.4 Å². The minimum Gasteiger partial charge on any atom is -0.508 e. The van der Waals surface area contributed by atoms with Crippen molar-refractivity contribution in [2.45, 2.75) is 18.9 Å². The van der Waals surface area contributed by atoms with Gasteiger partial charge in [0, 0.05) is 11.3 Å². The summed E-state index contributed by atoms with van der Waals surface area (Å²) in [5.41, 5.74) is 4.42. The predicted molar refractivity (Wildman–Crippen MR) is 77.2 cm³/mol. The van der Waals surface area contributed by atoms with Gasteiger partial charge in [0.05, 0.1) is 6.04 Å². The van der Waals surface area contributed by atoms with Gasteiger partial charge in [-0.2, -0.15) is 0 Å². The van der Waals surface area contributed by atoms with Gasteiger partial charge in [-0.05, 0) is 54.3 Å². The fourth-order valence-corrected chi connectivity index (χ4v) is 2.65. The number of terminal acetylenes is 1. The molecular weight excluding hydrogens is 234 g/mol. The molecule has 0 aliphatic heterocycles. The van der Waals surface area contributed by atoms with Crippen LogP contribution in [0.4, 0.5) is 5.69 Å². The Morgan fingerprint density at radius 2 is 2.11 bits per heavy atom. The van der Waals surface area contributed by atoms with Crippen molar-refractivity contribution in [1.29, 1.82) is 0 Å². The van der Waals surface area contributed by atoms with E-state index in [1.165, 1.54) is 11.1 Å². The maximum absolute atomic E-state index is 9.50. The number of phenols is 1. The van der Waals surface area contributed by atoms with Crippen molar-refractivity contribution in [3.05, 3.63) is 59.2 Å². The largest absolute Gasteiger partial charge is 0.508 e. The molecule has 2 nitrogen and oxygen atoms in total. The summed E-state index contributed by atoms with van der Waals surface area (Å²) in [6.07, 6.45) is 7.45. The number of rotatable bonds is 2. The fraction of sp³-hybridized carbons (Fsp3) is 0.176. The number of aromatic hydroxyl groups is 1. The number of hydrogen-bond acceptors (Lipinski definition) is 2. The summed E-state index contributed by atoms with van der Waals surface area (Å²) in [4.78, 5) is 0. The summed E-state index contributed by atoms with van der Waals surface area (Å²) in [6, 6.07) is 13.8. The lowest BCUT2D eigenvalue weighted by Crippen LogP contribution is -2.06. The van der Waals surface area contributed by atoms with Crippen molar-refractivity contribution in [1.82, 2.24) is 0 Å². The average molecular weight is 249 g/mol. The predicted octanol–water partition coefficient (Wildman–Crippen LogP) is 3.47. The highest BCUT2D eigenvalue weighted by molar-refractivity contribution is 5.53. The molecule has 0 spiro atoms. The summed E-state index contributed by atoms with van der Waals surface area (Å²) in [5.74, 6) is 2.99. The quantitative estimate of drug-likeness (QED) is 0.799. The van der Waals surface area contributed by atoms with Gasteiger partial charge in [-0.25, -0.2) is 0 Å². The summed E-state index contributed by atoms with van der Waals surface area (Å²) in [7, 11) is 0. The SMILES string of the molecule is C#Cc1cccc(NC2CCc3cc(O)ccc32)c1. The van der Waals surface area contributed by atoms with Gasteiger partial charge in [-0.3, -0.25) is 0 Å². The summed E-state index contributed by atoms with van der Waals surface area (Å²) >= 11 is 0. The number of nitrogens with one attached hydrogen (secondary N) is 1. The van der Waals surface area contributed by atoms with E-state index in [2.05, 4.69) is 11.2 Å². The van der Waals surface area contributed by atoms with Gasteiger partial charge in [0.25, 0.3) is 0 Å². The standard InChI is InChI=1S/C17H15NO/c1-2-12-4-3-5-14(10-12)18-17-9-6-13-11-15(19)7-8-16(13)17/h1,3-5,7-8,10-11,17-19H,6,9H2. The molecule has 0 radical (unpaired) electrons. The van der Waals surface area contributed by atoms with E-state index in [1.54, 1.807) is 6.07 Å². The molecule has 0 amide bonds. The second-order valence-electron chi connectivity index (χ2n) is 4.84. The van der Waals surface area contributed by atoms with Crippen LogP contribution in [0.25, 0.3) is 0 Å². The molecule has 94 valence electrons. The van der Waals surface area contributed by atoms with E-state index >= 15 is 0 Å². The monoisotopic (exact) mass is 249 g/mol. The molecule has 2 heteroatoms.